The van der Waals surface area contributed by atoms with Crippen LogP contribution in [-0.4, -0.2) is 0 Å². The van der Waals surface area contributed by atoms with Gasteiger partial charge in [-0.15, -0.1) is 0 Å². The van der Waals surface area contributed by atoms with Gasteiger partial charge < -0.3 is 4.42 Å². The Morgan fingerprint density at radius 3 is 2.69 bits per heavy atom. The third-order valence-electron chi connectivity index (χ3n) is 2.24. The molecule has 0 unspecified atom stereocenters. The molecular weight excluding hydrogens is 160 g/mol. The van der Waals surface area contributed by atoms with Crippen LogP contribution in [0.15, 0.2) is 34.9 Å². The van der Waals surface area contributed by atoms with E-state index < -0.39 is 0 Å². The molecule has 1 aromatic heterocycles. The fraction of sp³-hybridized carbons (Fsp3) is 0.250. The first-order valence-electron chi connectivity index (χ1n) is 4.40. The molecule has 0 aliphatic heterocycles. The average molecular weight is 173 g/mol. The minimum atomic E-state index is -0.0546. The Morgan fingerprint density at radius 2 is 2.00 bits per heavy atom. The van der Waals surface area contributed by atoms with E-state index >= 15 is 0 Å². The van der Waals surface area contributed by atoms with E-state index in [4.69, 9.17) is 4.42 Å². The maximum absolute atomic E-state index is 5.33. The van der Waals surface area contributed by atoms with Crippen LogP contribution in [0.25, 0.3) is 11.0 Å². The Kier molecular flexibility index (Phi) is 1.69. The summed E-state index contributed by atoms with van der Waals surface area (Å²) < 4.78 is 5.33. The van der Waals surface area contributed by atoms with Crippen LogP contribution >= 0.6 is 0 Å². The fourth-order valence-corrected chi connectivity index (χ4v) is 1.38. The standard InChI is InChI=1S/C12H13O/c1-12(2,3)10-5-4-9-6-7-13-11(9)8-10/h4-8H,1H2,2-3H3. The molecule has 1 nitrogen and oxygen atoms in total. The third-order valence-corrected chi connectivity index (χ3v) is 2.24. The van der Waals surface area contributed by atoms with E-state index in [9.17, 15) is 0 Å². The summed E-state index contributed by atoms with van der Waals surface area (Å²) >= 11 is 0. The Balaban J connectivity index is 2.61. The maximum atomic E-state index is 5.33. The van der Waals surface area contributed by atoms with Gasteiger partial charge in [0.2, 0.25) is 0 Å². The predicted molar refractivity (Wildman–Crippen MR) is 54.6 cm³/mol. The Labute approximate surface area is 78.4 Å². The second-order valence-corrected chi connectivity index (χ2v) is 4.06. The molecule has 1 aromatic carbocycles. The van der Waals surface area contributed by atoms with Gasteiger partial charge in [0.15, 0.2) is 0 Å². The molecule has 0 saturated carbocycles. The van der Waals surface area contributed by atoms with Crippen LogP contribution in [0.3, 0.4) is 0 Å². The van der Waals surface area contributed by atoms with Gasteiger partial charge in [-0.3, -0.25) is 0 Å². The summed E-state index contributed by atoms with van der Waals surface area (Å²) in [6.07, 6.45) is 1.71. The molecule has 0 spiro atoms. The molecule has 67 valence electrons. The van der Waals surface area contributed by atoms with Crippen LogP contribution in [-0.2, 0) is 5.41 Å². The zero-order valence-corrected chi connectivity index (χ0v) is 8.00. The highest BCUT2D eigenvalue weighted by molar-refractivity contribution is 5.77. The van der Waals surface area contributed by atoms with Crippen LogP contribution in [0.1, 0.15) is 19.4 Å². The van der Waals surface area contributed by atoms with Gasteiger partial charge >= 0.3 is 0 Å². The molecule has 0 bridgehead atoms. The summed E-state index contributed by atoms with van der Waals surface area (Å²) in [5, 5.41) is 1.15. The zero-order chi connectivity index (χ0) is 9.47. The van der Waals surface area contributed by atoms with Gasteiger partial charge in [-0.2, -0.15) is 0 Å². The predicted octanol–water partition coefficient (Wildman–Crippen LogP) is 3.54. The molecule has 2 aromatic rings. The first-order chi connectivity index (χ1) is 6.07. The fourth-order valence-electron chi connectivity index (χ4n) is 1.38. The van der Waals surface area contributed by atoms with Gasteiger partial charge in [0.25, 0.3) is 0 Å². The number of hydrogen-bond donors (Lipinski definition) is 0. The molecule has 0 N–H and O–H groups in total. The molecule has 0 fully saturated rings. The monoisotopic (exact) mass is 173 g/mol. The highest BCUT2D eigenvalue weighted by Crippen LogP contribution is 2.25. The van der Waals surface area contributed by atoms with Crippen molar-refractivity contribution in [2.45, 2.75) is 19.3 Å². The molecule has 13 heavy (non-hydrogen) atoms. The second-order valence-electron chi connectivity index (χ2n) is 4.06. The quantitative estimate of drug-likeness (QED) is 0.642. The van der Waals surface area contributed by atoms with Crippen LogP contribution < -0.4 is 0 Å². The van der Waals surface area contributed by atoms with Crippen LogP contribution in [0.4, 0.5) is 0 Å². The smallest absolute Gasteiger partial charge is 0.134 e. The first-order valence-corrected chi connectivity index (χ1v) is 4.40. The van der Waals surface area contributed by atoms with Gasteiger partial charge in [0.1, 0.15) is 5.58 Å². The number of hydrogen-bond acceptors (Lipinski definition) is 1. The number of benzene rings is 1. The van der Waals surface area contributed by atoms with Crippen molar-refractivity contribution in [3.63, 3.8) is 0 Å². The highest BCUT2D eigenvalue weighted by Gasteiger charge is 2.14. The third kappa shape index (κ3) is 1.46. The van der Waals surface area contributed by atoms with Crippen molar-refractivity contribution >= 4 is 11.0 Å². The van der Waals surface area contributed by atoms with E-state index in [-0.39, 0.29) is 5.41 Å². The van der Waals surface area contributed by atoms with E-state index in [0.29, 0.717) is 0 Å². The molecule has 0 atom stereocenters. The van der Waals surface area contributed by atoms with Gasteiger partial charge in [0, 0.05) is 5.39 Å². The Bertz CT molecular complexity index is 418. The highest BCUT2D eigenvalue weighted by atomic mass is 16.3. The van der Waals surface area contributed by atoms with Gasteiger partial charge in [0.05, 0.1) is 6.26 Å². The first kappa shape index (κ1) is 8.36. The van der Waals surface area contributed by atoms with Crippen LogP contribution in [0.2, 0.25) is 0 Å². The van der Waals surface area contributed by atoms with Crippen molar-refractivity contribution in [3.05, 3.63) is 43.0 Å². The minimum absolute atomic E-state index is 0.0546. The van der Waals surface area contributed by atoms with Crippen LogP contribution in [0, 0.1) is 6.92 Å². The summed E-state index contributed by atoms with van der Waals surface area (Å²) in [5.41, 5.74) is 2.09. The van der Waals surface area contributed by atoms with E-state index in [1.165, 1.54) is 5.56 Å². The molecule has 1 radical (unpaired) electrons. The largest absolute Gasteiger partial charge is 0.464 e. The minimum Gasteiger partial charge on any atom is -0.464 e. The molecule has 0 aliphatic carbocycles. The normalized spacial score (nSPS) is 12.2. The van der Waals surface area contributed by atoms with Gasteiger partial charge in [-0.05, 0) is 30.0 Å². The molecule has 0 saturated heterocycles. The van der Waals surface area contributed by atoms with E-state index in [0.717, 1.165) is 11.0 Å². The molecular formula is C12H13O. The van der Waals surface area contributed by atoms with Crippen molar-refractivity contribution in [1.29, 1.82) is 0 Å². The van der Waals surface area contributed by atoms with Crippen molar-refractivity contribution < 1.29 is 4.42 Å². The average Bonchev–Trinajstić information content (AvgIpc) is 2.47. The van der Waals surface area contributed by atoms with E-state index in [1.807, 2.05) is 6.07 Å². The summed E-state index contributed by atoms with van der Waals surface area (Å²) in [7, 11) is 0. The molecule has 0 amide bonds. The SMILES string of the molecule is [CH2]C(C)(C)c1ccc2ccoc2c1. The molecule has 1 heterocycles. The molecule has 0 aliphatic rings. The van der Waals surface area contributed by atoms with E-state index in [2.05, 4.69) is 39.0 Å². The molecule has 1 heteroatoms. The van der Waals surface area contributed by atoms with Crippen molar-refractivity contribution in [2.75, 3.05) is 0 Å². The molecule has 2 rings (SSSR count). The van der Waals surface area contributed by atoms with Crippen molar-refractivity contribution in [1.82, 2.24) is 0 Å². The lowest BCUT2D eigenvalue weighted by Crippen LogP contribution is -2.10. The number of rotatable bonds is 1. The number of fused-ring (bicyclic) bond motifs is 1. The summed E-state index contributed by atoms with van der Waals surface area (Å²) in [5.74, 6) is 0. The summed E-state index contributed by atoms with van der Waals surface area (Å²) in [4.78, 5) is 0. The Hall–Kier alpha value is -1.24. The lowest BCUT2D eigenvalue weighted by molar-refractivity contribution is 0.610. The van der Waals surface area contributed by atoms with Crippen molar-refractivity contribution in [3.8, 4) is 0 Å². The van der Waals surface area contributed by atoms with Gasteiger partial charge in [-0.1, -0.05) is 26.0 Å². The van der Waals surface area contributed by atoms with Gasteiger partial charge in [-0.25, -0.2) is 0 Å². The summed E-state index contributed by atoms with van der Waals surface area (Å²) in [6.45, 7) is 8.28. The topological polar surface area (TPSA) is 13.1 Å². The lowest BCUT2D eigenvalue weighted by Gasteiger charge is -2.18. The van der Waals surface area contributed by atoms with Crippen LogP contribution in [0.5, 0.6) is 0 Å². The zero-order valence-electron chi connectivity index (χ0n) is 8.00. The summed E-state index contributed by atoms with van der Waals surface area (Å²) in [6, 6.07) is 8.20. The van der Waals surface area contributed by atoms with Crippen molar-refractivity contribution in [2.24, 2.45) is 0 Å². The second kappa shape index (κ2) is 2.63. The maximum Gasteiger partial charge on any atom is 0.134 e. The van der Waals surface area contributed by atoms with E-state index in [1.54, 1.807) is 6.26 Å². The number of furan rings is 1. The Morgan fingerprint density at radius 1 is 1.23 bits per heavy atom. The lowest BCUT2D eigenvalue weighted by atomic mass is 9.87.